The van der Waals surface area contributed by atoms with Crippen LogP contribution < -0.4 is 4.72 Å². The SMILES string of the molecule is Cc1noc(NS(=O)(=O)c2cc(-c3ccc(C(C)C)cc3)cs2)c1Br. The summed E-state index contributed by atoms with van der Waals surface area (Å²) in [5.41, 5.74) is 3.68. The number of rotatable bonds is 5. The van der Waals surface area contributed by atoms with Crippen molar-refractivity contribution in [1.82, 2.24) is 5.16 Å². The first kappa shape index (κ1) is 18.2. The van der Waals surface area contributed by atoms with Crippen molar-refractivity contribution in [2.75, 3.05) is 4.72 Å². The first-order valence-corrected chi connectivity index (χ1v) is 10.8. The number of hydrogen-bond acceptors (Lipinski definition) is 5. The summed E-state index contributed by atoms with van der Waals surface area (Å²) < 4.78 is 33.2. The van der Waals surface area contributed by atoms with Crippen LogP contribution in [0.15, 0.2) is 48.9 Å². The van der Waals surface area contributed by atoms with Gasteiger partial charge in [-0.2, -0.15) is 0 Å². The minimum atomic E-state index is -3.73. The molecule has 25 heavy (non-hydrogen) atoms. The van der Waals surface area contributed by atoms with Crippen LogP contribution in [0.5, 0.6) is 0 Å². The predicted octanol–water partition coefficient (Wildman–Crippen LogP) is 5.40. The molecule has 0 amide bonds. The summed E-state index contributed by atoms with van der Waals surface area (Å²) in [5.74, 6) is 0.536. The van der Waals surface area contributed by atoms with E-state index in [0.29, 0.717) is 16.1 Å². The number of anilines is 1. The summed E-state index contributed by atoms with van der Waals surface area (Å²) in [6.07, 6.45) is 0. The van der Waals surface area contributed by atoms with Gasteiger partial charge in [-0.15, -0.1) is 11.3 Å². The number of nitrogens with one attached hydrogen (secondary N) is 1. The second kappa shape index (κ2) is 6.93. The Kier molecular flexibility index (Phi) is 5.04. The van der Waals surface area contributed by atoms with E-state index in [4.69, 9.17) is 4.52 Å². The molecule has 0 fully saturated rings. The molecule has 2 aromatic heterocycles. The molecule has 5 nitrogen and oxygen atoms in total. The van der Waals surface area contributed by atoms with Gasteiger partial charge in [0.05, 0.1) is 5.69 Å². The van der Waals surface area contributed by atoms with Crippen LogP contribution in [0.4, 0.5) is 5.88 Å². The summed E-state index contributed by atoms with van der Waals surface area (Å²) in [6.45, 7) is 5.99. The van der Waals surface area contributed by atoms with E-state index in [-0.39, 0.29) is 10.1 Å². The van der Waals surface area contributed by atoms with E-state index >= 15 is 0 Å². The van der Waals surface area contributed by atoms with Crippen LogP contribution in [0.1, 0.15) is 31.0 Å². The zero-order valence-electron chi connectivity index (χ0n) is 13.9. The third-order valence-corrected chi connectivity index (χ3v) is 7.47. The molecule has 0 bridgehead atoms. The molecule has 0 radical (unpaired) electrons. The topological polar surface area (TPSA) is 72.2 Å². The fraction of sp³-hybridized carbons (Fsp3) is 0.235. The monoisotopic (exact) mass is 440 g/mol. The molecule has 3 rings (SSSR count). The lowest BCUT2D eigenvalue weighted by atomic mass is 10.0. The fourth-order valence-electron chi connectivity index (χ4n) is 2.26. The van der Waals surface area contributed by atoms with Crippen LogP contribution in [0.2, 0.25) is 0 Å². The number of aryl methyl sites for hydroxylation is 1. The molecule has 8 heteroatoms. The van der Waals surface area contributed by atoms with E-state index in [1.165, 1.54) is 16.9 Å². The summed E-state index contributed by atoms with van der Waals surface area (Å²) in [5, 5.41) is 5.56. The third-order valence-electron chi connectivity index (χ3n) is 3.77. The molecule has 3 aromatic rings. The Morgan fingerprint density at radius 1 is 1.20 bits per heavy atom. The largest absolute Gasteiger partial charge is 0.336 e. The van der Waals surface area contributed by atoms with Crippen molar-refractivity contribution in [2.24, 2.45) is 0 Å². The van der Waals surface area contributed by atoms with Gasteiger partial charge in [0.2, 0.25) is 0 Å². The minimum absolute atomic E-state index is 0.0775. The Labute approximate surface area is 159 Å². The summed E-state index contributed by atoms with van der Waals surface area (Å²) >= 11 is 4.42. The Morgan fingerprint density at radius 3 is 2.44 bits per heavy atom. The van der Waals surface area contributed by atoms with Gasteiger partial charge in [-0.25, -0.2) is 13.1 Å². The number of halogens is 1. The van der Waals surface area contributed by atoms with E-state index < -0.39 is 10.0 Å². The Balaban J connectivity index is 1.86. The zero-order chi connectivity index (χ0) is 18.2. The second-order valence-corrected chi connectivity index (χ2v) is 9.56. The van der Waals surface area contributed by atoms with Crippen LogP contribution in [0, 0.1) is 6.92 Å². The molecule has 132 valence electrons. The number of aromatic nitrogens is 1. The number of nitrogens with zero attached hydrogens (tertiary/aromatic N) is 1. The van der Waals surface area contributed by atoms with Gasteiger partial charge in [0.1, 0.15) is 8.68 Å². The lowest BCUT2D eigenvalue weighted by Crippen LogP contribution is -2.11. The maximum Gasteiger partial charge on any atom is 0.273 e. The van der Waals surface area contributed by atoms with Crippen molar-refractivity contribution < 1.29 is 12.9 Å². The zero-order valence-corrected chi connectivity index (χ0v) is 17.1. The maximum absolute atomic E-state index is 12.5. The number of sulfonamides is 1. The van der Waals surface area contributed by atoms with Crippen molar-refractivity contribution in [1.29, 1.82) is 0 Å². The quantitative estimate of drug-likeness (QED) is 0.576. The standard InChI is InChI=1S/C17H17BrN2O3S2/c1-10(2)12-4-6-13(7-5-12)14-8-15(24-9-14)25(21,22)20-17-16(18)11(3)19-23-17/h4-10,20H,1-3H3. The lowest BCUT2D eigenvalue weighted by Gasteiger charge is -2.06. The van der Waals surface area contributed by atoms with E-state index in [0.717, 1.165) is 11.1 Å². The van der Waals surface area contributed by atoms with Crippen molar-refractivity contribution >= 4 is 43.2 Å². The van der Waals surface area contributed by atoms with Crippen molar-refractivity contribution in [3.8, 4) is 11.1 Å². The third kappa shape index (κ3) is 3.80. The lowest BCUT2D eigenvalue weighted by molar-refractivity contribution is 0.430. The molecular weight excluding hydrogens is 424 g/mol. The van der Waals surface area contributed by atoms with Crippen molar-refractivity contribution in [3.05, 3.63) is 51.4 Å². The molecule has 2 heterocycles. The highest BCUT2D eigenvalue weighted by atomic mass is 79.9. The molecule has 1 aromatic carbocycles. The highest BCUT2D eigenvalue weighted by Gasteiger charge is 2.22. The predicted molar refractivity (Wildman–Crippen MR) is 104 cm³/mol. The molecular formula is C17H17BrN2O3S2. The minimum Gasteiger partial charge on any atom is -0.336 e. The summed E-state index contributed by atoms with van der Waals surface area (Å²) in [7, 11) is -3.73. The van der Waals surface area contributed by atoms with Crippen LogP contribution >= 0.6 is 27.3 Å². The molecule has 0 unspecified atom stereocenters. The molecule has 0 aliphatic carbocycles. The smallest absolute Gasteiger partial charge is 0.273 e. The molecule has 0 saturated carbocycles. The van der Waals surface area contributed by atoms with Gasteiger partial charge in [-0.3, -0.25) is 0 Å². The molecule has 0 aliphatic heterocycles. The van der Waals surface area contributed by atoms with Gasteiger partial charge < -0.3 is 4.52 Å². The van der Waals surface area contributed by atoms with Crippen LogP contribution in [-0.2, 0) is 10.0 Å². The van der Waals surface area contributed by atoms with Gasteiger partial charge in [-0.05, 0) is 56.9 Å². The highest BCUT2D eigenvalue weighted by molar-refractivity contribution is 9.10. The summed E-state index contributed by atoms with van der Waals surface area (Å²) in [6, 6.07) is 9.82. The normalized spacial score (nSPS) is 11.9. The van der Waals surface area contributed by atoms with Gasteiger partial charge in [0, 0.05) is 0 Å². The van der Waals surface area contributed by atoms with Crippen LogP contribution in [0.3, 0.4) is 0 Å². The molecule has 0 spiro atoms. The summed E-state index contributed by atoms with van der Waals surface area (Å²) in [4.78, 5) is 0. The van der Waals surface area contributed by atoms with E-state index in [1.807, 2.05) is 17.5 Å². The molecule has 0 aliphatic rings. The van der Waals surface area contributed by atoms with Gasteiger partial charge >= 0.3 is 0 Å². The molecule has 1 N–H and O–H groups in total. The van der Waals surface area contributed by atoms with Gasteiger partial charge in [0.15, 0.2) is 0 Å². The molecule has 0 saturated heterocycles. The van der Waals surface area contributed by atoms with Crippen LogP contribution in [0.25, 0.3) is 11.1 Å². The Morgan fingerprint density at radius 2 is 1.88 bits per heavy atom. The number of hydrogen-bond donors (Lipinski definition) is 1. The average Bonchev–Trinajstić information content (AvgIpc) is 3.18. The Hall–Kier alpha value is -1.64. The maximum atomic E-state index is 12.5. The fourth-order valence-corrected chi connectivity index (χ4v) is 4.82. The van der Waals surface area contributed by atoms with Gasteiger partial charge in [0.25, 0.3) is 15.9 Å². The first-order valence-electron chi connectivity index (χ1n) is 7.61. The van der Waals surface area contributed by atoms with Crippen LogP contribution in [-0.4, -0.2) is 13.6 Å². The van der Waals surface area contributed by atoms with Crippen molar-refractivity contribution in [3.63, 3.8) is 0 Å². The van der Waals surface area contributed by atoms with E-state index in [9.17, 15) is 8.42 Å². The van der Waals surface area contributed by atoms with Gasteiger partial charge in [-0.1, -0.05) is 43.3 Å². The number of benzene rings is 1. The highest BCUT2D eigenvalue weighted by Crippen LogP contribution is 2.32. The molecule has 0 atom stereocenters. The van der Waals surface area contributed by atoms with E-state index in [1.54, 1.807) is 13.0 Å². The Bertz CT molecular complexity index is 989. The number of thiophene rings is 1. The average molecular weight is 441 g/mol. The first-order chi connectivity index (χ1) is 11.8. The second-order valence-electron chi connectivity index (χ2n) is 5.95. The van der Waals surface area contributed by atoms with E-state index in [2.05, 4.69) is 51.8 Å². The van der Waals surface area contributed by atoms with Crippen molar-refractivity contribution in [2.45, 2.75) is 30.9 Å².